The summed E-state index contributed by atoms with van der Waals surface area (Å²) in [5.74, 6) is 0.898. The van der Waals surface area contributed by atoms with Crippen LogP contribution in [0.1, 0.15) is 32.1 Å². The molecule has 0 spiro atoms. The second kappa shape index (κ2) is 4.96. The van der Waals surface area contributed by atoms with E-state index in [2.05, 4.69) is 23.3 Å². The molecule has 0 aromatic carbocycles. The molecular weight excluding hydrogens is 186 g/mol. The van der Waals surface area contributed by atoms with Crippen LogP contribution in [0.25, 0.3) is 0 Å². The fourth-order valence-corrected chi connectivity index (χ4v) is 2.17. The van der Waals surface area contributed by atoms with Gasteiger partial charge in [-0.05, 0) is 38.6 Å². The minimum Gasteiger partial charge on any atom is -0.303 e. The van der Waals surface area contributed by atoms with E-state index in [1.165, 1.54) is 38.6 Å². The zero-order valence-electron chi connectivity index (χ0n) is 9.58. The van der Waals surface area contributed by atoms with E-state index in [4.69, 9.17) is 5.26 Å². The molecule has 0 saturated heterocycles. The van der Waals surface area contributed by atoms with Crippen LogP contribution in [0.15, 0.2) is 0 Å². The quantitative estimate of drug-likeness (QED) is 0.715. The molecule has 3 heteroatoms. The minimum absolute atomic E-state index is 0.0302. The van der Waals surface area contributed by atoms with Crippen LogP contribution >= 0.6 is 0 Å². The average molecular weight is 207 g/mol. The van der Waals surface area contributed by atoms with Gasteiger partial charge in [0.25, 0.3) is 0 Å². The van der Waals surface area contributed by atoms with Gasteiger partial charge in [0.2, 0.25) is 0 Å². The van der Waals surface area contributed by atoms with Crippen LogP contribution in [0.4, 0.5) is 0 Å². The van der Waals surface area contributed by atoms with E-state index in [1.807, 2.05) is 0 Å². The highest BCUT2D eigenvalue weighted by Gasteiger charge is 2.26. The summed E-state index contributed by atoms with van der Waals surface area (Å²) in [6.07, 6.45) is 6.69. The maximum Gasteiger partial charge on any atom is 0.108 e. The highest BCUT2D eigenvalue weighted by Crippen LogP contribution is 2.26. The topological polar surface area (TPSA) is 39.1 Å². The third kappa shape index (κ3) is 3.48. The van der Waals surface area contributed by atoms with Crippen LogP contribution < -0.4 is 5.32 Å². The Morgan fingerprint density at radius 1 is 1.40 bits per heavy atom. The summed E-state index contributed by atoms with van der Waals surface area (Å²) in [6.45, 7) is 2.05. The number of likely N-dealkylation sites (N-methyl/N-ethyl adjacent to an activating group) is 1. The van der Waals surface area contributed by atoms with E-state index >= 15 is 0 Å². The Labute approximate surface area is 92.4 Å². The lowest BCUT2D eigenvalue weighted by Crippen LogP contribution is -2.41. The summed E-state index contributed by atoms with van der Waals surface area (Å²) in [4.78, 5) is 2.31. The van der Waals surface area contributed by atoms with E-state index in [-0.39, 0.29) is 6.04 Å². The van der Waals surface area contributed by atoms with Crippen LogP contribution in [0.2, 0.25) is 0 Å². The van der Waals surface area contributed by atoms with Gasteiger partial charge in [0.1, 0.15) is 6.04 Å². The van der Waals surface area contributed by atoms with E-state index in [0.29, 0.717) is 6.04 Å². The lowest BCUT2D eigenvalue weighted by molar-refractivity contribution is 0.198. The van der Waals surface area contributed by atoms with Gasteiger partial charge in [-0.1, -0.05) is 6.42 Å². The molecule has 2 rings (SSSR count). The molecule has 0 radical (unpaired) electrons. The molecule has 1 atom stereocenters. The molecule has 2 aliphatic carbocycles. The molecule has 0 aliphatic heterocycles. The van der Waals surface area contributed by atoms with Gasteiger partial charge in [0.15, 0.2) is 0 Å². The van der Waals surface area contributed by atoms with Crippen LogP contribution in [0, 0.1) is 17.2 Å². The molecule has 0 bridgehead atoms. The first-order chi connectivity index (χ1) is 7.28. The number of nitrogens with zero attached hydrogens (tertiary/aromatic N) is 2. The van der Waals surface area contributed by atoms with Crippen molar-refractivity contribution in [3.05, 3.63) is 0 Å². The van der Waals surface area contributed by atoms with Gasteiger partial charge < -0.3 is 4.90 Å². The predicted octanol–water partition coefficient (Wildman–Crippen LogP) is 1.36. The van der Waals surface area contributed by atoms with Crippen molar-refractivity contribution in [3.8, 4) is 6.07 Å². The molecular formula is C12H21N3. The fraction of sp³-hybridized carbons (Fsp3) is 0.917. The van der Waals surface area contributed by atoms with Gasteiger partial charge in [-0.15, -0.1) is 0 Å². The highest BCUT2D eigenvalue weighted by molar-refractivity contribution is 4.97. The first-order valence-corrected chi connectivity index (χ1v) is 6.12. The number of hydrogen-bond acceptors (Lipinski definition) is 3. The zero-order valence-corrected chi connectivity index (χ0v) is 9.58. The van der Waals surface area contributed by atoms with Crippen molar-refractivity contribution in [3.63, 3.8) is 0 Å². The lowest BCUT2D eigenvalue weighted by atomic mass is 9.85. The van der Waals surface area contributed by atoms with E-state index in [0.717, 1.165) is 12.5 Å². The molecule has 2 saturated carbocycles. The van der Waals surface area contributed by atoms with Crippen LogP contribution in [0.3, 0.4) is 0 Å². The van der Waals surface area contributed by atoms with Crippen molar-refractivity contribution in [1.82, 2.24) is 10.2 Å². The number of rotatable bonds is 6. The van der Waals surface area contributed by atoms with Crippen LogP contribution in [-0.4, -0.2) is 37.1 Å². The van der Waals surface area contributed by atoms with Crippen molar-refractivity contribution in [2.24, 2.45) is 5.92 Å². The third-order valence-corrected chi connectivity index (χ3v) is 3.46. The Balaban J connectivity index is 1.65. The molecule has 1 N–H and O–H groups in total. The monoisotopic (exact) mass is 207 g/mol. The van der Waals surface area contributed by atoms with Gasteiger partial charge in [-0.25, -0.2) is 0 Å². The largest absolute Gasteiger partial charge is 0.303 e. The summed E-state index contributed by atoms with van der Waals surface area (Å²) in [6, 6.07) is 3.02. The smallest absolute Gasteiger partial charge is 0.108 e. The first-order valence-electron chi connectivity index (χ1n) is 6.12. The Bertz CT molecular complexity index is 238. The second-order valence-electron chi connectivity index (χ2n) is 5.14. The van der Waals surface area contributed by atoms with E-state index in [1.54, 1.807) is 0 Å². The SMILES string of the molecule is CN(CC1CCC1)CC(C#N)NC1CC1. The number of nitriles is 1. The van der Waals surface area contributed by atoms with Gasteiger partial charge >= 0.3 is 0 Å². The highest BCUT2D eigenvalue weighted by atomic mass is 15.1. The summed E-state index contributed by atoms with van der Waals surface area (Å²) in [5, 5.41) is 12.4. The lowest BCUT2D eigenvalue weighted by Gasteiger charge is -2.31. The number of nitrogens with one attached hydrogen (secondary N) is 1. The molecule has 15 heavy (non-hydrogen) atoms. The van der Waals surface area contributed by atoms with E-state index in [9.17, 15) is 0 Å². The molecule has 0 heterocycles. The molecule has 1 unspecified atom stereocenters. The predicted molar refractivity (Wildman–Crippen MR) is 60.4 cm³/mol. The molecule has 3 nitrogen and oxygen atoms in total. The zero-order chi connectivity index (χ0) is 10.7. The molecule has 2 aliphatic rings. The third-order valence-electron chi connectivity index (χ3n) is 3.46. The van der Waals surface area contributed by atoms with Crippen molar-refractivity contribution < 1.29 is 0 Å². The molecule has 0 aromatic rings. The van der Waals surface area contributed by atoms with Gasteiger partial charge in [-0.3, -0.25) is 5.32 Å². The summed E-state index contributed by atoms with van der Waals surface area (Å²) >= 11 is 0. The van der Waals surface area contributed by atoms with Gasteiger partial charge in [-0.2, -0.15) is 5.26 Å². The van der Waals surface area contributed by atoms with E-state index < -0.39 is 0 Å². The Hall–Kier alpha value is -0.590. The first kappa shape index (κ1) is 10.9. The summed E-state index contributed by atoms with van der Waals surface area (Å²) in [5.41, 5.74) is 0. The van der Waals surface area contributed by atoms with Crippen LogP contribution in [-0.2, 0) is 0 Å². The summed E-state index contributed by atoms with van der Waals surface area (Å²) < 4.78 is 0. The van der Waals surface area contributed by atoms with Crippen molar-refractivity contribution >= 4 is 0 Å². The minimum atomic E-state index is 0.0302. The second-order valence-corrected chi connectivity index (χ2v) is 5.14. The van der Waals surface area contributed by atoms with Crippen molar-refractivity contribution in [2.45, 2.75) is 44.2 Å². The van der Waals surface area contributed by atoms with Crippen molar-refractivity contribution in [2.75, 3.05) is 20.1 Å². The van der Waals surface area contributed by atoms with Crippen LogP contribution in [0.5, 0.6) is 0 Å². The molecule has 2 fully saturated rings. The number of hydrogen-bond donors (Lipinski definition) is 1. The van der Waals surface area contributed by atoms with Gasteiger partial charge in [0, 0.05) is 19.1 Å². The molecule has 84 valence electrons. The normalized spacial score (nSPS) is 23.5. The molecule has 0 aromatic heterocycles. The Morgan fingerprint density at radius 2 is 2.13 bits per heavy atom. The maximum atomic E-state index is 9.02. The fourth-order valence-electron chi connectivity index (χ4n) is 2.17. The summed E-state index contributed by atoms with van der Waals surface area (Å²) in [7, 11) is 2.14. The van der Waals surface area contributed by atoms with Crippen molar-refractivity contribution in [1.29, 1.82) is 5.26 Å². The standard InChI is InChI=1S/C12H21N3/c1-15(8-10-3-2-4-10)9-12(7-13)14-11-5-6-11/h10-12,14H,2-6,8-9H2,1H3. The Kier molecular flexibility index (Phi) is 3.61. The molecule has 0 amide bonds. The van der Waals surface area contributed by atoms with Gasteiger partial charge in [0.05, 0.1) is 6.07 Å². The maximum absolute atomic E-state index is 9.02. The average Bonchev–Trinajstić information content (AvgIpc) is 2.94. The Morgan fingerprint density at radius 3 is 2.60 bits per heavy atom.